The van der Waals surface area contributed by atoms with Crippen molar-refractivity contribution in [1.82, 2.24) is 14.6 Å². The number of halogens is 2. The number of nitrogens with zero attached hydrogens (tertiary/aromatic N) is 3. The molecule has 2 aromatic rings. The number of nitrogens with one attached hydrogen (secondary N) is 2. The molecule has 0 saturated carbocycles. The summed E-state index contributed by atoms with van der Waals surface area (Å²) in [6, 6.07) is 3.25. The van der Waals surface area contributed by atoms with Crippen LogP contribution in [0, 0.1) is 0 Å². The Morgan fingerprint density at radius 1 is 1.35 bits per heavy atom. The van der Waals surface area contributed by atoms with Crippen LogP contribution in [0.3, 0.4) is 0 Å². The van der Waals surface area contributed by atoms with Crippen molar-refractivity contribution in [2.45, 2.75) is 12.1 Å². The summed E-state index contributed by atoms with van der Waals surface area (Å²) in [5, 5.41) is 10.3. The summed E-state index contributed by atoms with van der Waals surface area (Å²) < 4.78 is 33.1. The number of hydrogen-bond acceptors (Lipinski definition) is 9. The normalized spacial score (nSPS) is 17.9. The van der Waals surface area contributed by atoms with E-state index in [1.54, 1.807) is 0 Å². The van der Waals surface area contributed by atoms with E-state index in [-0.39, 0.29) is 57.7 Å². The first-order valence-electron chi connectivity index (χ1n) is 8.86. The molecule has 1 aliphatic rings. The summed E-state index contributed by atoms with van der Waals surface area (Å²) >= 11 is 12.3. The minimum absolute atomic E-state index is 0. The van der Waals surface area contributed by atoms with Crippen molar-refractivity contribution < 1.29 is 63.2 Å². The molecule has 17 heteroatoms. The van der Waals surface area contributed by atoms with Gasteiger partial charge in [0.15, 0.2) is 10.8 Å². The molecule has 0 spiro atoms. The third kappa shape index (κ3) is 6.26. The Kier molecular flexibility index (Phi) is 9.85. The Balaban J connectivity index is 0.00000306. The number of thiazole rings is 1. The predicted octanol–water partition coefficient (Wildman–Crippen LogP) is -1.69. The van der Waals surface area contributed by atoms with Crippen molar-refractivity contribution in [2.24, 2.45) is 5.16 Å². The third-order valence-corrected chi connectivity index (χ3v) is 6.47. The summed E-state index contributed by atoms with van der Waals surface area (Å²) in [6.07, 6.45) is 0. The number of oxime groups is 1. The SMILES string of the molecule is CO/N=C(\C(=O)NC1C(=O)N(S(=O)(=O)O)C1c1ccc(Cl)cc1)c1csc(NC(=O)CCl)n1.[H-].[Na+]. The van der Waals surface area contributed by atoms with Crippen LogP contribution in [-0.2, 0) is 29.5 Å². The molecular formula is C17H16Cl2N5NaO7S2. The molecule has 2 atom stereocenters. The van der Waals surface area contributed by atoms with E-state index in [0.717, 1.165) is 11.3 Å². The summed E-state index contributed by atoms with van der Waals surface area (Å²) in [6.45, 7) is 0. The van der Waals surface area contributed by atoms with Crippen molar-refractivity contribution in [3.63, 3.8) is 0 Å². The molecular weight excluding hydrogens is 544 g/mol. The third-order valence-electron chi connectivity index (χ3n) is 4.31. The summed E-state index contributed by atoms with van der Waals surface area (Å²) in [7, 11) is -3.72. The topological polar surface area (TPSA) is 167 Å². The average molecular weight is 560 g/mol. The molecule has 0 bridgehead atoms. The molecule has 34 heavy (non-hydrogen) atoms. The van der Waals surface area contributed by atoms with E-state index in [4.69, 9.17) is 23.2 Å². The van der Waals surface area contributed by atoms with Crippen LogP contribution >= 0.6 is 34.5 Å². The van der Waals surface area contributed by atoms with E-state index < -0.39 is 40.1 Å². The van der Waals surface area contributed by atoms with Gasteiger partial charge in [0.1, 0.15) is 30.8 Å². The van der Waals surface area contributed by atoms with Crippen LogP contribution in [-0.4, -0.2) is 64.7 Å². The van der Waals surface area contributed by atoms with Crippen molar-refractivity contribution in [1.29, 1.82) is 0 Å². The van der Waals surface area contributed by atoms with Gasteiger partial charge in [0.25, 0.3) is 11.8 Å². The fourth-order valence-electron chi connectivity index (χ4n) is 2.95. The zero-order valence-corrected chi connectivity index (χ0v) is 22.7. The number of carbonyl (C=O) groups is 3. The second-order valence-electron chi connectivity index (χ2n) is 6.40. The van der Waals surface area contributed by atoms with Gasteiger partial charge in [-0.15, -0.1) is 22.9 Å². The first kappa shape index (κ1) is 28.5. The number of anilines is 1. The fraction of sp³-hybridized carbons (Fsp3) is 0.235. The molecule has 3 amide bonds. The monoisotopic (exact) mass is 559 g/mol. The first-order valence-corrected chi connectivity index (χ1v) is 12.1. The Morgan fingerprint density at radius 3 is 2.56 bits per heavy atom. The van der Waals surface area contributed by atoms with Crippen LogP contribution in [0.1, 0.15) is 18.7 Å². The van der Waals surface area contributed by atoms with Gasteiger partial charge in [-0.25, -0.2) is 9.29 Å². The van der Waals surface area contributed by atoms with Gasteiger partial charge in [-0.1, -0.05) is 28.9 Å². The van der Waals surface area contributed by atoms with Crippen LogP contribution in [0.25, 0.3) is 0 Å². The standard InChI is InChI=1S/C17H15Cl2N5O7S2.Na.H/c1-31-23-12(10-7-32-17(20-10)21-11(25)6-18)15(26)22-13-14(8-2-4-9(19)5-3-8)24(16(13)27)33(28,29)30;;/h2-5,7,13-14H,6H2,1H3,(H,22,26)(H,20,21,25)(H,28,29,30);;/q;+1;-1/b23-12-;;. The minimum Gasteiger partial charge on any atom is -1.00 e. The van der Waals surface area contributed by atoms with E-state index in [0.29, 0.717) is 10.6 Å². The first-order chi connectivity index (χ1) is 15.6. The quantitative estimate of drug-likeness (QED) is 0.0859. The van der Waals surface area contributed by atoms with Gasteiger partial charge in [0, 0.05) is 10.4 Å². The van der Waals surface area contributed by atoms with E-state index >= 15 is 0 Å². The van der Waals surface area contributed by atoms with E-state index in [1.807, 2.05) is 0 Å². The number of amides is 3. The summed E-state index contributed by atoms with van der Waals surface area (Å²) in [5.74, 6) is -2.78. The van der Waals surface area contributed by atoms with Gasteiger partial charge in [-0.2, -0.15) is 8.42 Å². The molecule has 1 aromatic heterocycles. The van der Waals surface area contributed by atoms with Crippen molar-refractivity contribution in [2.75, 3.05) is 18.3 Å². The zero-order valence-electron chi connectivity index (χ0n) is 18.6. The second kappa shape index (κ2) is 11.8. The number of carbonyl (C=O) groups excluding carboxylic acids is 3. The molecule has 1 aliphatic heterocycles. The number of alkyl halides is 1. The molecule has 2 heterocycles. The number of rotatable bonds is 8. The van der Waals surface area contributed by atoms with Crippen LogP contribution in [0.2, 0.25) is 5.02 Å². The van der Waals surface area contributed by atoms with Crippen LogP contribution in [0.5, 0.6) is 0 Å². The molecule has 178 valence electrons. The largest absolute Gasteiger partial charge is 1.00 e. The molecule has 2 unspecified atom stereocenters. The number of aromatic nitrogens is 1. The van der Waals surface area contributed by atoms with Gasteiger partial charge in [-0.05, 0) is 17.7 Å². The molecule has 12 nitrogen and oxygen atoms in total. The van der Waals surface area contributed by atoms with Crippen LogP contribution in [0.15, 0.2) is 34.8 Å². The number of benzene rings is 1. The Morgan fingerprint density at radius 2 is 2.00 bits per heavy atom. The molecule has 0 radical (unpaired) electrons. The fourth-order valence-corrected chi connectivity index (χ4v) is 4.72. The smallest absolute Gasteiger partial charge is 1.00 e. The number of β-lactam (4-membered cyclic amide) rings is 1. The zero-order chi connectivity index (χ0) is 24.3. The maximum atomic E-state index is 12.9. The van der Waals surface area contributed by atoms with Gasteiger partial charge in [0.2, 0.25) is 5.91 Å². The van der Waals surface area contributed by atoms with Crippen molar-refractivity contribution in [3.8, 4) is 0 Å². The van der Waals surface area contributed by atoms with Gasteiger partial charge >= 0.3 is 39.9 Å². The van der Waals surface area contributed by atoms with E-state index in [9.17, 15) is 27.4 Å². The predicted molar refractivity (Wildman–Crippen MR) is 121 cm³/mol. The van der Waals surface area contributed by atoms with Gasteiger partial charge < -0.3 is 16.9 Å². The molecule has 1 aromatic carbocycles. The minimum atomic E-state index is -4.90. The summed E-state index contributed by atoms with van der Waals surface area (Å²) in [4.78, 5) is 45.5. The molecule has 0 aliphatic carbocycles. The molecule has 3 rings (SSSR count). The van der Waals surface area contributed by atoms with Gasteiger partial charge in [-0.3, -0.25) is 18.9 Å². The maximum absolute atomic E-state index is 12.9. The van der Waals surface area contributed by atoms with Crippen molar-refractivity contribution >= 4 is 73.4 Å². The second-order valence-corrected chi connectivity index (χ2v) is 9.25. The molecule has 1 fully saturated rings. The maximum Gasteiger partial charge on any atom is 1.00 e. The van der Waals surface area contributed by atoms with Crippen LogP contribution in [0.4, 0.5) is 5.13 Å². The Hall–Kier alpha value is -1.78. The Bertz CT molecular complexity index is 1230. The number of hydrogen-bond donors (Lipinski definition) is 3. The van der Waals surface area contributed by atoms with E-state index in [2.05, 4.69) is 25.6 Å². The average Bonchev–Trinajstić information content (AvgIpc) is 3.21. The summed E-state index contributed by atoms with van der Waals surface area (Å²) in [5.41, 5.74) is -0.0226. The van der Waals surface area contributed by atoms with E-state index in [1.165, 1.54) is 36.8 Å². The van der Waals surface area contributed by atoms with Crippen molar-refractivity contribution in [3.05, 3.63) is 45.9 Å². The Labute approximate surface area is 231 Å². The van der Waals surface area contributed by atoms with Crippen LogP contribution < -0.4 is 40.2 Å². The molecule has 1 saturated heterocycles. The molecule has 3 N–H and O–H groups in total. The van der Waals surface area contributed by atoms with Gasteiger partial charge in [0.05, 0.1) is 0 Å².